The van der Waals surface area contributed by atoms with Crippen molar-refractivity contribution in [2.45, 2.75) is 11.8 Å². The average molecular weight is 392 g/mol. The van der Waals surface area contributed by atoms with Gasteiger partial charge in [0, 0.05) is 17.6 Å². The summed E-state index contributed by atoms with van der Waals surface area (Å²) in [4.78, 5) is 12.1. The maximum absolute atomic E-state index is 12.9. The van der Waals surface area contributed by atoms with Crippen LogP contribution in [0.2, 0.25) is 5.02 Å². The highest BCUT2D eigenvalue weighted by Crippen LogP contribution is 2.20. The number of carbonyl (C=O) groups is 1. The normalized spacial score (nSPS) is 10.7. The zero-order valence-electron chi connectivity index (χ0n) is 13.9. The van der Waals surface area contributed by atoms with Gasteiger partial charge in [0.05, 0.1) is 5.75 Å². The van der Waals surface area contributed by atoms with Crippen LogP contribution in [-0.2, 0) is 13.7 Å². The molecule has 0 radical (unpaired) electrons. The van der Waals surface area contributed by atoms with Crippen molar-refractivity contribution in [1.82, 2.24) is 14.8 Å². The van der Waals surface area contributed by atoms with E-state index in [0.29, 0.717) is 27.3 Å². The van der Waals surface area contributed by atoms with Crippen LogP contribution in [0.1, 0.15) is 16.2 Å². The number of Topliss-reactive ketones (excluding diaryl/α,β-unsaturated/α-hetero) is 1. The summed E-state index contributed by atoms with van der Waals surface area (Å²) in [6.45, 7) is 0.248. The lowest BCUT2D eigenvalue weighted by Gasteiger charge is -2.06. The molecule has 3 rings (SSSR count). The maximum atomic E-state index is 12.9. The minimum absolute atomic E-state index is 0.100. The van der Waals surface area contributed by atoms with E-state index in [1.54, 1.807) is 28.8 Å². The number of hydrogen-bond acceptors (Lipinski definition) is 5. The Morgan fingerprint density at radius 3 is 2.54 bits per heavy atom. The second-order valence-electron chi connectivity index (χ2n) is 5.42. The van der Waals surface area contributed by atoms with E-state index in [4.69, 9.17) is 16.3 Å². The number of carbonyl (C=O) groups excluding carboxylic acids is 1. The molecule has 0 aliphatic heterocycles. The van der Waals surface area contributed by atoms with E-state index in [1.807, 2.05) is 7.05 Å². The van der Waals surface area contributed by atoms with Gasteiger partial charge in [0.1, 0.15) is 18.2 Å². The number of hydrogen-bond donors (Lipinski definition) is 0. The molecule has 0 aliphatic carbocycles. The molecule has 0 aliphatic rings. The fourth-order valence-electron chi connectivity index (χ4n) is 2.12. The molecule has 26 heavy (non-hydrogen) atoms. The Hall–Kier alpha value is -2.38. The van der Waals surface area contributed by atoms with Gasteiger partial charge in [0.25, 0.3) is 0 Å². The Labute approximate surface area is 159 Å². The van der Waals surface area contributed by atoms with E-state index in [9.17, 15) is 9.18 Å². The molecule has 8 heteroatoms. The third-order valence-electron chi connectivity index (χ3n) is 3.61. The summed E-state index contributed by atoms with van der Waals surface area (Å²) in [6, 6.07) is 12.5. The number of aromatic nitrogens is 3. The van der Waals surface area contributed by atoms with Crippen molar-refractivity contribution in [3.8, 4) is 5.75 Å². The summed E-state index contributed by atoms with van der Waals surface area (Å²) in [5.41, 5.74) is 0.465. The van der Waals surface area contributed by atoms with Crippen LogP contribution in [0.4, 0.5) is 4.39 Å². The summed E-state index contributed by atoms with van der Waals surface area (Å²) >= 11 is 7.11. The number of benzene rings is 2. The van der Waals surface area contributed by atoms with Crippen LogP contribution in [0.5, 0.6) is 5.75 Å². The molecule has 0 unspecified atom stereocenters. The van der Waals surface area contributed by atoms with E-state index in [-0.39, 0.29) is 24.0 Å². The number of nitrogens with zero attached hydrogens (tertiary/aromatic N) is 3. The molecule has 5 nitrogen and oxygen atoms in total. The van der Waals surface area contributed by atoms with Gasteiger partial charge in [-0.2, -0.15) is 0 Å². The van der Waals surface area contributed by atoms with Crippen molar-refractivity contribution in [1.29, 1.82) is 0 Å². The van der Waals surface area contributed by atoms with Crippen LogP contribution in [0.15, 0.2) is 53.7 Å². The molecule has 0 atom stereocenters. The molecule has 0 fully saturated rings. The minimum atomic E-state index is -0.368. The summed E-state index contributed by atoms with van der Waals surface area (Å²) < 4.78 is 20.3. The van der Waals surface area contributed by atoms with E-state index in [2.05, 4.69) is 10.2 Å². The fraction of sp³-hybridized carbons (Fsp3) is 0.167. The highest BCUT2D eigenvalue weighted by atomic mass is 35.5. The predicted molar refractivity (Wildman–Crippen MR) is 98.2 cm³/mol. The van der Waals surface area contributed by atoms with Gasteiger partial charge in [-0.1, -0.05) is 23.4 Å². The summed E-state index contributed by atoms with van der Waals surface area (Å²) in [5.74, 6) is 1.04. The number of rotatable bonds is 7. The van der Waals surface area contributed by atoms with Crippen LogP contribution in [0.3, 0.4) is 0 Å². The lowest BCUT2D eigenvalue weighted by atomic mass is 10.1. The molecule has 3 aromatic rings. The number of ketones is 1. The summed E-state index contributed by atoms with van der Waals surface area (Å²) in [6.07, 6.45) is 0. The topological polar surface area (TPSA) is 57.0 Å². The van der Waals surface area contributed by atoms with Crippen molar-refractivity contribution in [2.24, 2.45) is 7.05 Å². The molecule has 0 amide bonds. The first-order valence-electron chi connectivity index (χ1n) is 7.71. The number of halogens is 2. The first-order chi connectivity index (χ1) is 12.5. The fourth-order valence-corrected chi connectivity index (χ4v) is 3.07. The van der Waals surface area contributed by atoms with Crippen molar-refractivity contribution < 1.29 is 13.9 Å². The molecule has 134 valence electrons. The summed E-state index contributed by atoms with van der Waals surface area (Å²) in [7, 11) is 1.81. The monoisotopic (exact) mass is 391 g/mol. The van der Waals surface area contributed by atoms with Gasteiger partial charge in [-0.15, -0.1) is 10.2 Å². The lowest BCUT2D eigenvalue weighted by molar-refractivity contribution is 0.102. The molecule has 1 heterocycles. The van der Waals surface area contributed by atoms with Crippen molar-refractivity contribution >= 4 is 29.1 Å². The molecule has 0 saturated carbocycles. The second-order valence-corrected chi connectivity index (χ2v) is 6.80. The van der Waals surface area contributed by atoms with E-state index in [1.165, 1.54) is 36.0 Å². The van der Waals surface area contributed by atoms with Gasteiger partial charge in [0.15, 0.2) is 16.8 Å². The van der Waals surface area contributed by atoms with Crippen molar-refractivity contribution in [2.75, 3.05) is 5.75 Å². The van der Waals surface area contributed by atoms with Crippen molar-refractivity contribution in [3.05, 3.63) is 70.8 Å². The largest absolute Gasteiger partial charge is 0.486 e. The van der Waals surface area contributed by atoms with E-state index < -0.39 is 0 Å². The summed E-state index contributed by atoms with van der Waals surface area (Å²) in [5, 5.41) is 9.42. The van der Waals surface area contributed by atoms with Gasteiger partial charge >= 0.3 is 0 Å². The van der Waals surface area contributed by atoms with E-state index in [0.717, 1.165) is 0 Å². The molecule has 0 N–H and O–H groups in total. The zero-order valence-corrected chi connectivity index (χ0v) is 15.4. The zero-order chi connectivity index (χ0) is 18.5. The van der Waals surface area contributed by atoms with Gasteiger partial charge in [-0.25, -0.2) is 4.39 Å². The van der Waals surface area contributed by atoms with Crippen LogP contribution in [-0.4, -0.2) is 26.3 Å². The highest BCUT2D eigenvalue weighted by molar-refractivity contribution is 7.99. The van der Waals surface area contributed by atoms with Crippen LogP contribution in [0, 0.1) is 5.82 Å². The van der Waals surface area contributed by atoms with E-state index >= 15 is 0 Å². The van der Waals surface area contributed by atoms with Crippen LogP contribution < -0.4 is 4.74 Å². The quantitative estimate of drug-likeness (QED) is 0.447. The third-order valence-corrected chi connectivity index (χ3v) is 4.88. The molecule has 2 aromatic carbocycles. The molecular formula is C18H15ClFN3O2S. The Bertz CT molecular complexity index is 898. The Kier molecular flexibility index (Phi) is 5.90. The third kappa shape index (κ3) is 4.62. The maximum Gasteiger partial charge on any atom is 0.191 e. The smallest absolute Gasteiger partial charge is 0.191 e. The second kappa shape index (κ2) is 8.33. The number of ether oxygens (including phenoxy) is 1. The average Bonchev–Trinajstić information content (AvgIpc) is 3.00. The van der Waals surface area contributed by atoms with Crippen molar-refractivity contribution in [3.63, 3.8) is 0 Å². The first kappa shape index (κ1) is 18.4. The lowest BCUT2D eigenvalue weighted by Crippen LogP contribution is -2.06. The molecular weight excluding hydrogens is 377 g/mol. The first-order valence-corrected chi connectivity index (χ1v) is 9.07. The SMILES string of the molecule is Cn1c(COc2ccc(Cl)cc2)nnc1SCC(=O)c1ccc(F)cc1. The Morgan fingerprint density at radius 1 is 1.15 bits per heavy atom. The Balaban J connectivity index is 1.57. The van der Waals surface area contributed by atoms with Crippen LogP contribution >= 0.6 is 23.4 Å². The molecule has 0 bridgehead atoms. The van der Waals surface area contributed by atoms with Crippen LogP contribution in [0.25, 0.3) is 0 Å². The van der Waals surface area contributed by atoms with Gasteiger partial charge in [0.2, 0.25) is 0 Å². The van der Waals surface area contributed by atoms with Gasteiger partial charge in [-0.3, -0.25) is 4.79 Å². The molecule has 1 aromatic heterocycles. The highest BCUT2D eigenvalue weighted by Gasteiger charge is 2.13. The van der Waals surface area contributed by atoms with Gasteiger partial charge in [-0.05, 0) is 48.5 Å². The molecule has 0 spiro atoms. The standard InChI is InChI=1S/C18H15ClFN3O2S/c1-23-17(10-25-15-8-4-13(19)5-9-15)21-22-18(23)26-11-16(24)12-2-6-14(20)7-3-12/h2-9H,10-11H2,1H3. The van der Waals surface area contributed by atoms with Gasteiger partial charge < -0.3 is 9.30 Å². The molecule has 0 saturated heterocycles. The minimum Gasteiger partial charge on any atom is -0.486 e. The number of thioether (sulfide) groups is 1. The predicted octanol–water partition coefficient (Wildman–Crippen LogP) is 4.16. The Morgan fingerprint density at radius 2 is 1.85 bits per heavy atom.